The van der Waals surface area contributed by atoms with Gasteiger partial charge in [0.05, 0.1) is 22.9 Å². The first-order valence-electron chi connectivity index (χ1n) is 7.46. The summed E-state index contributed by atoms with van der Waals surface area (Å²) in [5.74, 6) is -1.36. The van der Waals surface area contributed by atoms with E-state index in [0.29, 0.717) is 11.3 Å². The highest BCUT2D eigenvalue weighted by Gasteiger charge is 2.35. The first-order chi connectivity index (χ1) is 12.2. The summed E-state index contributed by atoms with van der Waals surface area (Å²) in [6, 6.07) is 12.4. The molecule has 8 heteroatoms. The summed E-state index contributed by atoms with van der Waals surface area (Å²) < 4.78 is 39.5. The molecule has 1 N–H and O–H groups in total. The van der Waals surface area contributed by atoms with E-state index in [-0.39, 0.29) is 5.69 Å². The summed E-state index contributed by atoms with van der Waals surface area (Å²) in [6.07, 6.45) is -4.66. The molecule has 0 aliphatic heterocycles. The summed E-state index contributed by atoms with van der Waals surface area (Å²) in [4.78, 5) is 24.8. The number of alkyl halides is 3. The molecule has 0 unspecified atom stereocenters. The third-order valence-electron chi connectivity index (χ3n) is 3.48. The summed E-state index contributed by atoms with van der Waals surface area (Å²) in [5.41, 5.74) is -0.627. The van der Waals surface area contributed by atoms with E-state index in [9.17, 15) is 22.8 Å². The van der Waals surface area contributed by atoms with Gasteiger partial charge in [0.15, 0.2) is 0 Å². The molecular weight excluding hydrogens is 347 g/mol. The molecule has 2 aromatic carbocycles. The highest BCUT2D eigenvalue weighted by molar-refractivity contribution is 6.02. The third kappa shape index (κ3) is 4.60. The molecule has 26 heavy (non-hydrogen) atoms. The van der Waals surface area contributed by atoms with Crippen LogP contribution < -0.4 is 10.2 Å². The molecule has 0 saturated carbocycles. The van der Waals surface area contributed by atoms with E-state index in [4.69, 9.17) is 5.26 Å². The van der Waals surface area contributed by atoms with Gasteiger partial charge in [-0.1, -0.05) is 12.1 Å². The predicted molar refractivity (Wildman–Crippen MR) is 89.3 cm³/mol. The molecule has 0 aliphatic rings. The van der Waals surface area contributed by atoms with E-state index >= 15 is 0 Å². The molecule has 0 aliphatic carbocycles. The Bertz CT molecular complexity index is 855. The number of rotatable bonds is 4. The molecule has 0 fully saturated rings. The van der Waals surface area contributed by atoms with Crippen LogP contribution in [0.5, 0.6) is 0 Å². The number of nitrogens with one attached hydrogen (secondary N) is 1. The minimum Gasteiger partial charge on any atom is -0.325 e. The summed E-state index contributed by atoms with van der Waals surface area (Å²) >= 11 is 0. The van der Waals surface area contributed by atoms with Gasteiger partial charge in [0.2, 0.25) is 11.8 Å². The zero-order chi connectivity index (χ0) is 19.3. The van der Waals surface area contributed by atoms with Crippen LogP contribution in [-0.4, -0.2) is 18.4 Å². The molecule has 0 saturated heterocycles. The van der Waals surface area contributed by atoms with Gasteiger partial charge in [0.1, 0.15) is 6.54 Å². The van der Waals surface area contributed by atoms with Crippen molar-refractivity contribution >= 4 is 23.2 Å². The van der Waals surface area contributed by atoms with E-state index in [1.807, 2.05) is 6.07 Å². The van der Waals surface area contributed by atoms with Crippen molar-refractivity contribution in [3.63, 3.8) is 0 Å². The largest absolute Gasteiger partial charge is 0.418 e. The smallest absolute Gasteiger partial charge is 0.325 e. The number of para-hydroxylation sites is 1. The van der Waals surface area contributed by atoms with E-state index in [0.717, 1.165) is 24.0 Å². The number of halogens is 3. The molecule has 2 rings (SSSR count). The summed E-state index contributed by atoms with van der Waals surface area (Å²) in [7, 11) is 0. The lowest BCUT2D eigenvalue weighted by Gasteiger charge is -2.24. The lowest BCUT2D eigenvalue weighted by molar-refractivity contribution is -0.137. The molecule has 0 radical (unpaired) electrons. The van der Waals surface area contributed by atoms with Crippen molar-refractivity contribution in [1.82, 2.24) is 0 Å². The van der Waals surface area contributed by atoms with E-state index in [1.165, 1.54) is 36.4 Å². The lowest BCUT2D eigenvalue weighted by Crippen LogP contribution is -2.37. The van der Waals surface area contributed by atoms with Crippen LogP contribution in [0.3, 0.4) is 0 Å². The first kappa shape index (κ1) is 19.0. The summed E-state index contributed by atoms with van der Waals surface area (Å²) in [5, 5.41) is 11.2. The Labute approximate surface area is 147 Å². The topological polar surface area (TPSA) is 73.2 Å². The van der Waals surface area contributed by atoms with Crippen molar-refractivity contribution in [3.05, 3.63) is 59.7 Å². The van der Waals surface area contributed by atoms with Crippen LogP contribution in [0.2, 0.25) is 0 Å². The highest BCUT2D eigenvalue weighted by atomic mass is 19.4. The Morgan fingerprint density at radius 2 is 1.73 bits per heavy atom. The molecule has 0 heterocycles. The molecule has 0 atom stereocenters. The normalized spacial score (nSPS) is 10.7. The zero-order valence-corrected chi connectivity index (χ0v) is 13.7. The SMILES string of the molecule is CC(=O)N(CC(=O)Nc1ccc(C#N)cc1)c1ccccc1C(F)(F)F. The van der Waals surface area contributed by atoms with E-state index in [1.54, 1.807) is 0 Å². The Morgan fingerprint density at radius 1 is 1.12 bits per heavy atom. The quantitative estimate of drug-likeness (QED) is 0.905. The fraction of sp³-hybridized carbons (Fsp3) is 0.167. The Balaban J connectivity index is 2.22. The number of amides is 2. The molecular formula is C18H14F3N3O2. The number of nitriles is 1. The van der Waals surface area contributed by atoms with Crippen LogP contribution in [-0.2, 0) is 15.8 Å². The van der Waals surface area contributed by atoms with Crippen molar-refractivity contribution in [2.75, 3.05) is 16.8 Å². The molecule has 0 spiro atoms. The minimum atomic E-state index is -4.66. The van der Waals surface area contributed by atoms with Gasteiger partial charge in [-0.2, -0.15) is 18.4 Å². The molecule has 5 nitrogen and oxygen atoms in total. The number of hydrogen-bond donors (Lipinski definition) is 1. The average molecular weight is 361 g/mol. The molecule has 2 aromatic rings. The van der Waals surface area contributed by atoms with Crippen LogP contribution in [0.25, 0.3) is 0 Å². The fourth-order valence-electron chi connectivity index (χ4n) is 2.29. The van der Waals surface area contributed by atoms with Crippen molar-refractivity contribution in [2.45, 2.75) is 13.1 Å². The van der Waals surface area contributed by atoms with Crippen molar-refractivity contribution in [1.29, 1.82) is 5.26 Å². The van der Waals surface area contributed by atoms with Crippen molar-refractivity contribution in [2.24, 2.45) is 0 Å². The van der Waals surface area contributed by atoms with Gasteiger partial charge in [-0.15, -0.1) is 0 Å². The number of hydrogen-bond acceptors (Lipinski definition) is 3. The van der Waals surface area contributed by atoms with Gasteiger partial charge in [-0.25, -0.2) is 0 Å². The number of carbonyl (C=O) groups is 2. The van der Waals surface area contributed by atoms with E-state index in [2.05, 4.69) is 5.32 Å². The van der Waals surface area contributed by atoms with Crippen LogP contribution in [0.1, 0.15) is 18.1 Å². The second-order valence-corrected chi connectivity index (χ2v) is 5.36. The van der Waals surface area contributed by atoms with Gasteiger partial charge in [0.25, 0.3) is 0 Å². The third-order valence-corrected chi connectivity index (χ3v) is 3.48. The molecule has 134 valence electrons. The fourth-order valence-corrected chi connectivity index (χ4v) is 2.29. The highest BCUT2D eigenvalue weighted by Crippen LogP contribution is 2.36. The minimum absolute atomic E-state index is 0.363. The Hall–Kier alpha value is -3.34. The van der Waals surface area contributed by atoms with Gasteiger partial charge < -0.3 is 10.2 Å². The molecule has 0 bridgehead atoms. The van der Waals surface area contributed by atoms with Gasteiger partial charge in [0, 0.05) is 12.6 Å². The monoisotopic (exact) mass is 361 g/mol. The summed E-state index contributed by atoms with van der Waals surface area (Å²) in [6.45, 7) is 0.505. The molecule has 2 amide bonds. The predicted octanol–water partition coefficient (Wildman–Crippen LogP) is 3.57. The number of nitrogens with zero attached hydrogens (tertiary/aromatic N) is 2. The van der Waals surface area contributed by atoms with E-state index < -0.39 is 30.1 Å². The number of carbonyl (C=O) groups excluding carboxylic acids is 2. The zero-order valence-electron chi connectivity index (χ0n) is 13.7. The van der Waals surface area contributed by atoms with Gasteiger partial charge in [-0.3, -0.25) is 9.59 Å². The van der Waals surface area contributed by atoms with Crippen LogP contribution >= 0.6 is 0 Å². The number of anilines is 2. The maximum Gasteiger partial charge on any atom is 0.418 e. The maximum absolute atomic E-state index is 13.2. The van der Waals surface area contributed by atoms with Crippen molar-refractivity contribution < 1.29 is 22.8 Å². The maximum atomic E-state index is 13.2. The van der Waals surface area contributed by atoms with Crippen LogP contribution in [0.15, 0.2) is 48.5 Å². The number of benzene rings is 2. The van der Waals surface area contributed by atoms with Crippen molar-refractivity contribution in [3.8, 4) is 6.07 Å². The standard InChI is InChI=1S/C18H14F3N3O2/c1-12(25)24(16-5-3-2-4-15(16)18(19,20)21)11-17(26)23-14-8-6-13(10-22)7-9-14/h2-9H,11H2,1H3,(H,23,26). The average Bonchev–Trinajstić information content (AvgIpc) is 2.59. The first-order valence-corrected chi connectivity index (χ1v) is 7.46. The Kier molecular flexibility index (Phi) is 5.62. The second-order valence-electron chi connectivity index (χ2n) is 5.36. The van der Waals surface area contributed by atoms with Crippen LogP contribution in [0, 0.1) is 11.3 Å². The molecule has 0 aromatic heterocycles. The van der Waals surface area contributed by atoms with Gasteiger partial charge >= 0.3 is 6.18 Å². The van der Waals surface area contributed by atoms with Gasteiger partial charge in [-0.05, 0) is 36.4 Å². The lowest BCUT2D eigenvalue weighted by atomic mass is 10.1. The second kappa shape index (κ2) is 7.70. The van der Waals surface area contributed by atoms with Crippen LogP contribution in [0.4, 0.5) is 24.5 Å². The Morgan fingerprint density at radius 3 is 2.27 bits per heavy atom.